The number of ether oxygens (including phenoxy) is 1. The van der Waals surface area contributed by atoms with Crippen LogP contribution in [0.25, 0.3) is 6.08 Å². The summed E-state index contributed by atoms with van der Waals surface area (Å²) in [5.74, 6) is 12.1. The molecule has 0 fully saturated rings. The topological polar surface area (TPSA) is 9.23 Å². The summed E-state index contributed by atoms with van der Waals surface area (Å²) in [7, 11) is 0. The molecule has 0 radical (unpaired) electrons. The quantitative estimate of drug-likeness (QED) is 0.611. The largest absolute Gasteiger partial charge is 0.356 e. The monoisotopic (exact) mass is 272 g/mol. The maximum atomic E-state index is 5.38. The lowest BCUT2D eigenvalue weighted by Crippen LogP contribution is -1.92. The summed E-state index contributed by atoms with van der Waals surface area (Å²) in [5.41, 5.74) is 2.99. The smallest absolute Gasteiger partial charge is 0.109 e. The molecule has 0 spiro atoms. The van der Waals surface area contributed by atoms with Gasteiger partial charge in [0.15, 0.2) is 0 Å². The first-order chi connectivity index (χ1) is 10.4. The molecule has 0 bridgehead atoms. The van der Waals surface area contributed by atoms with Crippen molar-refractivity contribution in [1.82, 2.24) is 0 Å². The summed E-state index contributed by atoms with van der Waals surface area (Å²) in [4.78, 5) is 0. The third kappa shape index (κ3) is 5.03. The Morgan fingerprint density at radius 3 is 2.29 bits per heavy atom. The van der Waals surface area contributed by atoms with Crippen molar-refractivity contribution in [3.05, 3.63) is 77.9 Å². The molecule has 0 saturated carbocycles. The van der Waals surface area contributed by atoms with Gasteiger partial charge in [0, 0.05) is 11.1 Å². The molecule has 0 heterocycles. The second-order valence-corrected chi connectivity index (χ2v) is 4.25. The van der Waals surface area contributed by atoms with Crippen LogP contribution < -0.4 is 0 Å². The normalized spacial score (nSPS) is 8.95. The fourth-order valence-corrected chi connectivity index (χ4v) is 1.73. The Labute approximate surface area is 126 Å². The van der Waals surface area contributed by atoms with Gasteiger partial charge in [-0.3, -0.25) is 0 Å². The van der Waals surface area contributed by atoms with Crippen molar-refractivity contribution < 1.29 is 4.74 Å². The van der Waals surface area contributed by atoms with Gasteiger partial charge in [0.25, 0.3) is 0 Å². The number of hydrogen-bond acceptors (Lipinski definition) is 1. The molecule has 102 valence electrons. The van der Waals surface area contributed by atoms with Crippen LogP contribution >= 0.6 is 0 Å². The predicted molar refractivity (Wildman–Crippen MR) is 87.6 cm³/mol. The average Bonchev–Trinajstić information content (AvgIpc) is 2.55. The first-order valence-corrected chi connectivity index (χ1v) is 6.72. The molecule has 0 amide bonds. The van der Waals surface area contributed by atoms with Gasteiger partial charge in [0.1, 0.15) is 13.2 Å². The molecule has 21 heavy (non-hydrogen) atoms. The van der Waals surface area contributed by atoms with Crippen LogP contribution in [-0.4, -0.2) is 13.2 Å². The van der Waals surface area contributed by atoms with Gasteiger partial charge in [-0.1, -0.05) is 72.7 Å². The molecule has 1 nitrogen and oxygen atoms in total. The molecule has 0 atom stereocenters. The van der Waals surface area contributed by atoms with E-state index in [-0.39, 0.29) is 0 Å². The summed E-state index contributed by atoms with van der Waals surface area (Å²) in [6.07, 6.45) is 1.80. The summed E-state index contributed by atoms with van der Waals surface area (Å²) in [5, 5.41) is 0. The molecular formula is C20H16O. The number of rotatable bonds is 3. The van der Waals surface area contributed by atoms with E-state index in [1.807, 2.05) is 54.6 Å². The van der Waals surface area contributed by atoms with Crippen LogP contribution in [0.4, 0.5) is 0 Å². The third-order valence-corrected chi connectivity index (χ3v) is 2.76. The minimum Gasteiger partial charge on any atom is -0.356 e. The summed E-state index contributed by atoms with van der Waals surface area (Å²) >= 11 is 0. The summed E-state index contributed by atoms with van der Waals surface area (Å²) in [6.45, 7) is 4.52. The Morgan fingerprint density at radius 1 is 0.857 bits per heavy atom. The van der Waals surface area contributed by atoms with Crippen molar-refractivity contribution in [1.29, 1.82) is 0 Å². The maximum Gasteiger partial charge on any atom is 0.109 e. The SMILES string of the molecule is C=Cc1ccccc1C#CCOCC#Cc1ccccc1. The lowest BCUT2D eigenvalue weighted by atomic mass is 10.1. The molecule has 2 rings (SSSR count). The van der Waals surface area contributed by atoms with E-state index in [1.165, 1.54) is 0 Å². The highest BCUT2D eigenvalue weighted by Gasteiger charge is 1.91. The molecule has 0 unspecified atom stereocenters. The van der Waals surface area contributed by atoms with Crippen LogP contribution in [0.2, 0.25) is 0 Å². The van der Waals surface area contributed by atoms with Crippen molar-refractivity contribution in [2.24, 2.45) is 0 Å². The third-order valence-electron chi connectivity index (χ3n) is 2.76. The Hall–Kier alpha value is -2.74. The summed E-state index contributed by atoms with van der Waals surface area (Å²) in [6, 6.07) is 17.7. The van der Waals surface area contributed by atoms with E-state index in [4.69, 9.17) is 4.74 Å². The van der Waals surface area contributed by atoms with Crippen LogP contribution in [0.1, 0.15) is 16.7 Å². The molecule has 0 aliphatic carbocycles. The predicted octanol–water partition coefficient (Wildman–Crippen LogP) is 3.75. The van der Waals surface area contributed by atoms with Crippen molar-refractivity contribution >= 4 is 6.08 Å². The van der Waals surface area contributed by atoms with Gasteiger partial charge in [-0.05, 0) is 23.8 Å². The van der Waals surface area contributed by atoms with Crippen LogP contribution in [0.15, 0.2) is 61.2 Å². The Bertz CT molecular complexity index is 706. The Balaban J connectivity index is 1.80. The van der Waals surface area contributed by atoms with E-state index in [1.54, 1.807) is 6.08 Å². The van der Waals surface area contributed by atoms with Gasteiger partial charge in [0.05, 0.1) is 0 Å². The van der Waals surface area contributed by atoms with Crippen molar-refractivity contribution in [2.75, 3.05) is 13.2 Å². The molecule has 0 saturated heterocycles. The summed E-state index contributed by atoms with van der Waals surface area (Å²) < 4.78 is 5.38. The molecule has 0 aliphatic rings. The fraction of sp³-hybridized carbons (Fsp3) is 0.100. The Kier molecular flexibility index (Phi) is 5.89. The molecule has 2 aromatic rings. The second-order valence-electron chi connectivity index (χ2n) is 4.25. The van der Waals surface area contributed by atoms with Gasteiger partial charge < -0.3 is 4.74 Å². The lowest BCUT2D eigenvalue weighted by molar-refractivity contribution is 0.204. The van der Waals surface area contributed by atoms with Crippen LogP contribution in [-0.2, 0) is 4.74 Å². The van der Waals surface area contributed by atoms with E-state index in [0.717, 1.165) is 16.7 Å². The number of hydrogen-bond donors (Lipinski definition) is 0. The zero-order valence-electron chi connectivity index (χ0n) is 11.8. The first-order valence-electron chi connectivity index (χ1n) is 6.72. The molecule has 0 aromatic heterocycles. The highest BCUT2D eigenvalue weighted by molar-refractivity contribution is 5.57. The second kappa shape index (κ2) is 8.43. The highest BCUT2D eigenvalue weighted by atomic mass is 16.5. The van der Waals surface area contributed by atoms with Crippen molar-refractivity contribution in [2.45, 2.75) is 0 Å². The number of benzene rings is 2. The van der Waals surface area contributed by atoms with Gasteiger partial charge >= 0.3 is 0 Å². The van der Waals surface area contributed by atoms with Gasteiger partial charge in [-0.15, -0.1) is 0 Å². The Morgan fingerprint density at radius 2 is 1.52 bits per heavy atom. The highest BCUT2D eigenvalue weighted by Crippen LogP contribution is 2.07. The average molecular weight is 272 g/mol. The van der Waals surface area contributed by atoms with Crippen molar-refractivity contribution in [3.8, 4) is 23.7 Å². The zero-order chi connectivity index (χ0) is 14.8. The fourth-order valence-electron chi connectivity index (χ4n) is 1.73. The van der Waals surface area contributed by atoms with Crippen LogP contribution in [0.5, 0.6) is 0 Å². The van der Waals surface area contributed by atoms with E-state index in [2.05, 4.69) is 30.3 Å². The van der Waals surface area contributed by atoms with Crippen LogP contribution in [0, 0.1) is 23.7 Å². The van der Waals surface area contributed by atoms with E-state index < -0.39 is 0 Å². The van der Waals surface area contributed by atoms with Gasteiger partial charge in [0.2, 0.25) is 0 Å². The van der Waals surface area contributed by atoms with Gasteiger partial charge in [-0.2, -0.15) is 0 Å². The first kappa shape index (κ1) is 14.7. The molecular weight excluding hydrogens is 256 g/mol. The molecule has 1 heteroatoms. The van der Waals surface area contributed by atoms with Crippen LogP contribution in [0.3, 0.4) is 0 Å². The van der Waals surface area contributed by atoms with E-state index >= 15 is 0 Å². The lowest BCUT2D eigenvalue weighted by Gasteiger charge is -1.96. The maximum absolute atomic E-state index is 5.38. The van der Waals surface area contributed by atoms with Gasteiger partial charge in [-0.25, -0.2) is 0 Å². The molecule has 0 N–H and O–H groups in total. The van der Waals surface area contributed by atoms with E-state index in [9.17, 15) is 0 Å². The molecule has 2 aromatic carbocycles. The van der Waals surface area contributed by atoms with Crippen molar-refractivity contribution in [3.63, 3.8) is 0 Å². The zero-order valence-corrected chi connectivity index (χ0v) is 11.8. The molecule has 0 aliphatic heterocycles. The minimum absolute atomic E-state index is 0.370. The standard InChI is InChI=1S/C20H16O/c1-2-19-13-6-7-14-20(19)15-9-17-21-16-8-12-18-10-4-3-5-11-18/h2-7,10-11,13-14H,1,16-17H2. The van der Waals surface area contributed by atoms with E-state index in [0.29, 0.717) is 13.2 Å². The minimum atomic E-state index is 0.370.